The molecule has 0 bridgehead atoms. The van der Waals surface area contributed by atoms with Crippen LogP contribution in [0.1, 0.15) is 18.9 Å². The molecule has 0 saturated heterocycles. The van der Waals surface area contributed by atoms with Gasteiger partial charge in [0.05, 0.1) is 17.3 Å². The number of aromatic amines is 1. The van der Waals surface area contributed by atoms with Gasteiger partial charge in [-0.1, -0.05) is 41.9 Å². The molecule has 1 aromatic heterocycles. The first-order chi connectivity index (χ1) is 13.0. The van der Waals surface area contributed by atoms with Crippen LogP contribution in [0.4, 0.5) is 0 Å². The smallest absolute Gasteiger partial charge is 0.273 e. The van der Waals surface area contributed by atoms with E-state index >= 15 is 0 Å². The molecule has 6 nitrogen and oxygen atoms in total. The Morgan fingerprint density at radius 3 is 2.44 bits per heavy atom. The van der Waals surface area contributed by atoms with Crippen LogP contribution in [0.3, 0.4) is 0 Å². The Bertz CT molecular complexity index is 1090. The van der Waals surface area contributed by atoms with Crippen LogP contribution in [0.25, 0.3) is 10.8 Å². The highest BCUT2D eigenvalue weighted by molar-refractivity contribution is 6.31. The predicted octanol–water partition coefficient (Wildman–Crippen LogP) is 2.78. The Morgan fingerprint density at radius 1 is 1.07 bits per heavy atom. The van der Waals surface area contributed by atoms with Crippen molar-refractivity contribution in [3.05, 3.63) is 79.8 Å². The van der Waals surface area contributed by atoms with Crippen molar-refractivity contribution in [2.75, 3.05) is 6.54 Å². The van der Waals surface area contributed by atoms with E-state index in [1.807, 2.05) is 25.1 Å². The number of carbonyl (C=O) groups excluding carboxylic acids is 1. The first-order valence-electron chi connectivity index (χ1n) is 8.74. The minimum Gasteiger partial charge on any atom is -0.339 e. The zero-order valence-electron chi connectivity index (χ0n) is 14.9. The molecule has 3 rings (SSSR count). The summed E-state index contributed by atoms with van der Waals surface area (Å²) in [6.07, 6.45) is 0.104. The van der Waals surface area contributed by atoms with Crippen LogP contribution in [0.2, 0.25) is 5.02 Å². The van der Waals surface area contributed by atoms with Gasteiger partial charge in [0, 0.05) is 24.5 Å². The molecule has 3 aromatic rings. The summed E-state index contributed by atoms with van der Waals surface area (Å²) < 4.78 is 1.20. The number of amides is 1. The van der Waals surface area contributed by atoms with E-state index in [-0.39, 0.29) is 30.0 Å². The maximum absolute atomic E-state index is 12.6. The second kappa shape index (κ2) is 8.22. The molecule has 2 aromatic carbocycles. The Labute approximate surface area is 161 Å². The molecule has 0 fully saturated rings. The number of aromatic nitrogens is 2. The number of carbonyl (C=O) groups is 1. The van der Waals surface area contributed by atoms with Crippen molar-refractivity contribution >= 4 is 28.3 Å². The van der Waals surface area contributed by atoms with Crippen LogP contribution < -0.4 is 11.1 Å². The summed E-state index contributed by atoms with van der Waals surface area (Å²) in [6, 6.07) is 14.0. The van der Waals surface area contributed by atoms with E-state index < -0.39 is 0 Å². The van der Waals surface area contributed by atoms with Crippen molar-refractivity contribution in [1.29, 1.82) is 0 Å². The second-order valence-electron chi connectivity index (χ2n) is 6.19. The van der Waals surface area contributed by atoms with Crippen molar-refractivity contribution in [2.24, 2.45) is 0 Å². The molecule has 0 radical (unpaired) electrons. The van der Waals surface area contributed by atoms with E-state index in [0.29, 0.717) is 28.9 Å². The maximum atomic E-state index is 12.6. The fourth-order valence-corrected chi connectivity index (χ4v) is 3.17. The van der Waals surface area contributed by atoms with Gasteiger partial charge in [-0.3, -0.25) is 19.5 Å². The predicted molar refractivity (Wildman–Crippen MR) is 106 cm³/mol. The summed E-state index contributed by atoms with van der Waals surface area (Å²) in [5.41, 5.74) is 0.207. The van der Waals surface area contributed by atoms with Gasteiger partial charge in [0.25, 0.3) is 11.1 Å². The van der Waals surface area contributed by atoms with E-state index in [1.54, 1.807) is 35.2 Å². The summed E-state index contributed by atoms with van der Waals surface area (Å²) in [7, 11) is 0. The first-order valence-corrected chi connectivity index (χ1v) is 9.12. The van der Waals surface area contributed by atoms with Gasteiger partial charge in [-0.2, -0.15) is 0 Å². The molecular weight excluding hydrogens is 366 g/mol. The highest BCUT2D eigenvalue weighted by Crippen LogP contribution is 2.17. The van der Waals surface area contributed by atoms with Gasteiger partial charge in [0.1, 0.15) is 0 Å². The number of rotatable bonds is 6. The summed E-state index contributed by atoms with van der Waals surface area (Å²) in [4.78, 5) is 38.9. The maximum Gasteiger partial charge on any atom is 0.273 e. The van der Waals surface area contributed by atoms with Crippen LogP contribution in [0, 0.1) is 0 Å². The quantitative estimate of drug-likeness (QED) is 0.709. The fourth-order valence-electron chi connectivity index (χ4n) is 2.98. The molecule has 0 unspecified atom stereocenters. The molecule has 0 spiro atoms. The standard InChI is InChI=1S/C20H20ClN3O3/c1-2-23(13-14-7-3-6-10-17(14)21)18(25)11-12-24-20(27)16-9-5-4-8-15(16)19(26)22-24/h3-10H,2,11-13H2,1H3,(H,22,26). The lowest BCUT2D eigenvalue weighted by atomic mass is 10.2. The molecule has 0 saturated carbocycles. The molecule has 0 aliphatic rings. The first kappa shape index (κ1) is 18.9. The normalized spacial score (nSPS) is 10.9. The van der Waals surface area contributed by atoms with E-state index in [4.69, 9.17) is 11.6 Å². The largest absolute Gasteiger partial charge is 0.339 e. The molecular formula is C20H20ClN3O3. The minimum absolute atomic E-state index is 0.104. The van der Waals surface area contributed by atoms with Gasteiger partial charge in [0.2, 0.25) is 5.91 Å². The second-order valence-corrected chi connectivity index (χ2v) is 6.60. The number of hydrogen-bond acceptors (Lipinski definition) is 3. The van der Waals surface area contributed by atoms with Crippen molar-refractivity contribution in [3.63, 3.8) is 0 Å². The SMILES string of the molecule is CCN(Cc1ccccc1Cl)C(=O)CCn1[nH]c(=O)c2ccccc2c1=O. The number of hydrogen-bond donors (Lipinski definition) is 1. The molecule has 140 valence electrons. The zero-order valence-corrected chi connectivity index (χ0v) is 15.7. The summed E-state index contributed by atoms with van der Waals surface area (Å²) in [6.45, 7) is 2.92. The van der Waals surface area contributed by atoms with E-state index in [0.717, 1.165) is 5.56 Å². The number of halogens is 1. The van der Waals surface area contributed by atoms with Crippen molar-refractivity contribution in [1.82, 2.24) is 14.7 Å². The number of H-pyrrole nitrogens is 1. The van der Waals surface area contributed by atoms with Gasteiger partial charge in [0.15, 0.2) is 0 Å². The Hall–Kier alpha value is -2.86. The van der Waals surface area contributed by atoms with Gasteiger partial charge in [-0.05, 0) is 30.7 Å². The molecule has 7 heteroatoms. The molecule has 0 aliphatic heterocycles. The van der Waals surface area contributed by atoms with Gasteiger partial charge < -0.3 is 4.90 Å². The van der Waals surface area contributed by atoms with Crippen LogP contribution in [-0.4, -0.2) is 27.1 Å². The highest BCUT2D eigenvalue weighted by atomic mass is 35.5. The van der Waals surface area contributed by atoms with E-state index in [1.165, 1.54) is 4.68 Å². The molecule has 0 aliphatic carbocycles. The lowest BCUT2D eigenvalue weighted by Gasteiger charge is -2.21. The summed E-state index contributed by atoms with van der Waals surface area (Å²) >= 11 is 6.17. The third kappa shape index (κ3) is 4.11. The summed E-state index contributed by atoms with van der Waals surface area (Å²) in [5.74, 6) is -0.113. The Morgan fingerprint density at radius 2 is 1.74 bits per heavy atom. The van der Waals surface area contributed by atoms with E-state index in [9.17, 15) is 14.4 Å². The number of nitrogens with zero attached hydrogens (tertiary/aromatic N) is 2. The average molecular weight is 386 g/mol. The van der Waals surface area contributed by atoms with E-state index in [2.05, 4.69) is 5.10 Å². The molecule has 0 atom stereocenters. The van der Waals surface area contributed by atoms with Crippen LogP contribution in [0.5, 0.6) is 0 Å². The molecule has 1 heterocycles. The third-order valence-electron chi connectivity index (χ3n) is 4.49. The van der Waals surface area contributed by atoms with Gasteiger partial charge >= 0.3 is 0 Å². The fraction of sp³-hybridized carbons (Fsp3) is 0.250. The van der Waals surface area contributed by atoms with Gasteiger partial charge in [-0.15, -0.1) is 0 Å². The van der Waals surface area contributed by atoms with Crippen LogP contribution >= 0.6 is 11.6 Å². The molecule has 1 N–H and O–H groups in total. The topological polar surface area (TPSA) is 75.2 Å². The lowest BCUT2D eigenvalue weighted by Crippen LogP contribution is -2.34. The van der Waals surface area contributed by atoms with Gasteiger partial charge in [-0.25, -0.2) is 4.68 Å². The third-order valence-corrected chi connectivity index (χ3v) is 4.86. The van der Waals surface area contributed by atoms with Crippen molar-refractivity contribution in [3.8, 4) is 0 Å². The Balaban J connectivity index is 1.76. The average Bonchev–Trinajstić information content (AvgIpc) is 2.69. The number of fused-ring (bicyclic) bond motifs is 1. The Kier molecular flexibility index (Phi) is 5.76. The van der Waals surface area contributed by atoms with Crippen molar-refractivity contribution in [2.45, 2.75) is 26.4 Å². The number of aryl methyl sites for hydroxylation is 1. The zero-order chi connectivity index (χ0) is 19.4. The molecule has 1 amide bonds. The van der Waals surface area contributed by atoms with Crippen LogP contribution in [0.15, 0.2) is 58.1 Å². The number of nitrogens with one attached hydrogen (secondary N) is 1. The molecule has 27 heavy (non-hydrogen) atoms. The number of benzene rings is 2. The highest BCUT2D eigenvalue weighted by Gasteiger charge is 2.15. The van der Waals surface area contributed by atoms with Crippen LogP contribution in [-0.2, 0) is 17.9 Å². The lowest BCUT2D eigenvalue weighted by molar-refractivity contribution is -0.131. The minimum atomic E-state index is -0.346. The van der Waals surface area contributed by atoms with Crippen molar-refractivity contribution < 1.29 is 4.79 Å². The summed E-state index contributed by atoms with van der Waals surface area (Å²) in [5, 5.41) is 3.85. The monoisotopic (exact) mass is 385 g/mol.